The van der Waals surface area contributed by atoms with Crippen LogP contribution in [-0.4, -0.2) is 38.3 Å². The van der Waals surface area contributed by atoms with Crippen molar-refractivity contribution in [1.29, 1.82) is 0 Å². The highest BCUT2D eigenvalue weighted by molar-refractivity contribution is 5.94. The van der Waals surface area contributed by atoms with E-state index in [4.69, 9.17) is 4.74 Å². The van der Waals surface area contributed by atoms with Crippen molar-refractivity contribution in [2.75, 3.05) is 26.2 Å². The Labute approximate surface area is 113 Å². The highest BCUT2D eigenvalue weighted by atomic mass is 16.5. The third-order valence-electron chi connectivity index (χ3n) is 3.86. The number of morpholine rings is 1. The first kappa shape index (κ1) is 12.6. The summed E-state index contributed by atoms with van der Waals surface area (Å²) in [4.78, 5) is 12.1. The van der Waals surface area contributed by atoms with Crippen molar-refractivity contribution in [3.63, 3.8) is 0 Å². The van der Waals surface area contributed by atoms with Crippen molar-refractivity contribution in [3.8, 4) is 0 Å². The maximum atomic E-state index is 12.1. The van der Waals surface area contributed by atoms with Crippen molar-refractivity contribution >= 4 is 5.91 Å². The number of aryl methyl sites for hydroxylation is 2. The molecule has 1 unspecified atom stereocenters. The van der Waals surface area contributed by atoms with E-state index in [9.17, 15) is 4.79 Å². The van der Waals surface area contributed by atoms with E-state index < -0.39 is 0 Å². The van der Waals surface area contributed by atoms with Crippen LogP contribution in [0, 0.1) is 0 Å². The molecule has 1 fully saturated rings. The number of benzene rings is 1. The molecule has 4 nitrogen and oxygen atoms in total. The highest BCUT2D eigenvalue weighted by Crippen LogP contribution is 2.22. The van der Waals surface area contributed by atoms with Crippen LogP contribution in [0.4, 0.5) is 0 Å². The predicted octanol–water partition coefficient (Wildman–Crippen LogP) is 0.894. The fourth-order valence-corrected chi connectivity index (χ4v) is 2.77. The maximum Gasteiger partial charge on any atom is 0.251 e. The standard InChI is InChI=1S/C15H20N2O2/c18-15(17-10-14-9-16-6-7-19-14)13-5-4-11-2-1-3-12(11)8-13/h4-5,8,14,16H,1-3,6-7,9-10H2,(H,17,18). The van der Waals surface area contributed by atoms with Gasteiger partial charge in [-0.15, -0.1) is 0 Å². The molecule has 102 valence electrons. The van der Waals surface area contributed by atoms with Crippen LogP contribution < -0.4 is 10.6 Å². The van der Waals surface area contributed by atoms with Gasteiger partial charge in [0.05, 0.1) is 12.7 Å². The Hall–Kier alpha value is -1.39. The second-order valence-corrected chi connectivity index (χ2v) is 5.24. The van der Waals surface area contributed by atoms with Crippen LogP contribution in [0.1, 0.15) is 27.9 Å². The Kier molecular flexibility index (Phi) is 3.80. The lowest BCUT2D eigenvalue weighted by molar-refractivity contribution is 0.0287. The molecule has 0 spiro atoms. The van der Waals surface area contributed by atoms with E-state index in [-0.39, 0.29) is 12.0 Å². The number of fused-ring (bicyclic) bond motifs is 1. The van der Waals surface area contributed by atoms with Crippen LogP contribution >= 0.6 is 0 Å². The summed E-state index contributed by atoms with van der Waals surface area (Å²) in [5.41, 5.74) is 3.50. The van der Waals surface area contributed by atoms with Crippen LogP contribution in [0.3, 0.4) is 0 Å². The van der Waals surface area contributed by atoms with Gasteiger partial charge >= 0.3 is 0 Å². The molecule has 0 bridgehead atoms. The molecule has 2 N–H and O–H groups in total. The van der Waals surface area contributed by atoms with Gasteiger partial charge in [0.2, 0.25) is 0 Å². The summed E-state index contributed by atoms with van der Waals surface area (Å²) in [7, 11) is 0. The lowest BCUT2D eigenvalue weighted by Gasteiger charge is -2.23. The van der Waals surface area contributed by atoms with Gasteiger partial charge in [-0.1, -0.05) is 6.07 Å². The molecule has 2 aliphatic rings. The molecule has 1 atom stereocenters. The van der Waals surface area contributed by atoms with E-state index in [0.29, 0.717) is 6.54 Å². The average Bonchev–Trinajstić information content (AvgIpc) is 2.93. The lowest BCUT2D eigenvalue weighted by atomic mass is 10.1. The fraction of sp³-hybridized carbons (Fsp3) is 0.533. The third kappa shape index (κ3) is 2.96. The number of nitrogens with one attached hydrogen (secondary N) is 2. The normalized spacial score (nSPS) is 22.0. The van der Waals surface area contributed by atoms with E-state index in [1.807, 2.05) is 12.1 Å². The number of hydrogen-bond donors (Lipinski definition) is 2. The summed E-state index contributed by atoms with van der Waals surface area (Å²) in [5, 5.41) is 6.21. The molecule has 19 heavy (non-hydrogen) atoms. The molecule has 1 aromatic carbocycles. The van der Waals surface area contributed by atoms with Gasteiger partial charge in [-0.3, -0.25) is 4.79 Å². The van der Waals surface area contributed by atoms with E-state index in [1.165, 1.54) is 17.5 Å². The quantitative estimate of drug-likeness (QED) is 0.849. The molecule has 1 amide bonds. The molecule has 1 saturated heterocycles. The molecule has 1 aliphatic carbocycles. The Morgan fingerprint density at radius 3 is 3.11 bits per heavy atom. The van der Waals surface area contributed by atoms with Gasteiger partial charge in [-0.2, -0.15) is 0 Å². The van der Waals surface area contributed by atoms with Gasteiger partial charge in [-0.25, -0.2) is 0 Å². The summed E-state index contributed by atoms with van der Waals surface area (Å²) in [5.74, 6) is 0.00359. The SMILES string of the molecule is O=C(NCC1CNCCO1)c1ccc2c(c1)CCC2. The average molecular weight is 260 g/mol. The molecule has 1 aliphatic heterocycles. The Morgan fingerprint density at radius 2 is 2.26 bits per heavy atom. The van der Waals surface area contributed by atoms with Crippen LogP contribution in [0.2, 0.25) is 0 Å². The summed E-state index contributed by atoms with van der Waals surface area (Å²) >= 11 is 0. The first-order valence-corrected chi connectivity index (χ1v) is 7.05. The smallest absolute Gasteiger partial charge is 0.251 e. The maximum absolute atomic E-state index is 12.1. The number of rotatable bonds is 3. The second-order valence-electron chi connectivity index (χ2n) is 5.24. The third-order valence-corrected chi connectivity index (χ3v) is 3.86. The zero-order valence-corrected chi connectivity index (χ0v) is 11.1. The minimum absolute atomic E-state index is 0.00359. The monoisotopic (exact) mass is 260 g/mol. The summed E-state index contributed by atoms with van der Waals surface area (Å²) in [6.07, 6.45) is 3.56. The summed E-state index contributed by atoms with van der Waals surface area (Å²) in [6, 6.07) is 6.06. The van der Waals surface area contributed by atoms with Crippen LogP contribution in [0.25, 0.3) is 0 Å². The van der Waals surface area contributed by atoms with Gasteiger partial charge in [0.25, 0.3) is 5.91 Å². The number of amides is 1. The Bertz CT molecular complexity index is 467. The van der Waals surface area contributed by atoms with Crippen LogP contribution in [0.15, 0.2) is 18.2 Å². The van der Waals surface area contributed by atoms with Crippen molar-refractivity contribution in [2.45, 2.75) is 25.4 Å². The first-order valence-electron chi connectivity index (χ1n) is 7.05. The Balaban J connectivity index is 1.57. The molecular weight excluding hydrogens is 240 g/mol. The molecule has 0 aromatic heterocycles. The number of hydrogen-bond acceptors (Lipinski definition) is 3. The van der Waals surface area contributed by atoms with Crippen LogP contribution in [0.5, 0.6) is 0 Å². The van der Waals surface area contributed by atoms with Crippen molar-refractivity contribution in [2.24, 2.45) is 0 Å². The van der Waals surface area contributed by atoms with E-state index >= 15 is 0 Å². The topological polar surface area (TPSA) is 50.4 Å². The number of carbonyl (C=O) groups is 1. The molecule has 0 saturated carbocycles. The van der Waals surface area contributed by atoms with Crippen LogP contribution in [-0.2, 0) is 17.6 Å². The predicted molar refractivity (Wildman–Crippen MR) is 73.4 cm³/mol. The van der Waals surface area contributed by atoms with E-state index in [0.717, 1.165) is 38.1 Å². The molecule has 1 aromatic rings. The minimum Gasteiger partial charge on any atom is -0.374 e. The molecule has 4 heteroatoms. The van der Waals surface area contributed by atoms with E-state index in [1.54, 1.807) is 0 Å². The molecule has 1 heterocycles. The largest absolute Gasteiger partial charge is 0.374 e. The molecule has 0 radical (unpaired) electrons. The van der Waals surface area contributed by atoms with Gasteiger partial charge in [0.1, 0.15) is 0 Å². The van der Waals surface area contributed by atoms with Crippen molar-refractivity contribution in [1.82, 2.24) is 10.6 Å². The first-order chi connectivity index (χ1) is 9.33. The van der Waals surface area contributed by atoms with Gasteiger partial charge in [0, 0.05) is 25.2 Å². The second kappa shape index (κ2) is 5.72. The van der Waals surface area contributed by atoms with Gasteiger partial charge < -0.3 is 15.4 Å². The van der Waals surface area contributed by atoms with Crippen molar-refractivity contribution < 1.29 is 9.53 Å². The van der Waals surface area contributed by atoms with E-state index in [2.05, 4.69) is 16.7 Å². The fourth-order valence-electron chi connectivity index (χ4n) is 2.77. The van der Waals surface area contributed by atoms with Crippen molar-refractivity contribution in [3.05, 3.63) is 34.9 Å². The zero-order chi connectivity index (χ0) is 13.1. The zero-order valence-electron chi connectivity index (χ0n) is 11.1. The number of ether oxygens (including phenoxy) is 1. The molecular formula is C15H20N2O2. The minimum atomic E-state index is 0.00359. The number of carbonyl (C=O) groups excluding carboxylic acids is 1. The lowest BCUT2D eigenvalue weighted by Crippen LogP contribution is -2.45. The summed E-state index contributed by atoms with van der Waals surface area (Å²) < 4.78 is 5.56. The van der Waals surface area contributed by atoms with Gasteiger partial charge in [-0.05, 0) is 42.5 Å². The molecule has 3 rings (SSSR count). The summed E-state index contributed by atoms with van der Waals surface area (Å²) in [6.45, 7) is 3.00. The highest BCUT2D eigenvalue weighted by Gasteiger charge is 2.16. The van der Waals surface area contributed by atoms with Gasteiger partial charge in [0.15, 0.2) is 0 Å². The Morgan fingerprint density at radius 1 is 1.37 bits per heavy atom.